The third-order valence-electron chi connectivity index (χ3n) is 2.88. The van der Waals surface area contributed by atoms with Crippen LogP contribution in [0.1, 0.15) is 18.5 Å². The molecule has 2 rings (SSSR count). The Bertz CT molecular complexity index is 647. The third-order valence-corrected chi connectivity index (χ3v) is 3.41. The number of benzene rings is 2. The van der Waals surface area contributed by atoms with Gasteiger partial charge in [0, 0.05) is 21.8 Å². The highest BCUT2D eigenvalue weighted by molar-refractivity contribution is 9.10. The first kappa shape index (κ1) is 15.4. The van der Waals surface area contributed by atoms with E-state index in [1.807, 2.05) is 0 Å². The van der Waals surface area contributed by atoms with Crippen LogP contribution < -0.4 is 10.6 Å². The molecule has 1 unspecified atom stereocenters. The van der Waals surface area contributed by atoms with Crippen molar-refractivity contribution in [3.8, 4) is 0 Å². The first-order chi connectivity index (χ1) is 9.95. The fourth-order valence-electron chi connectivity index (χ4n) is 1.83. The van der Waals surface area contributed by atoms with Gasteiger partial charge in [0.25, 0.3) is 0 Å². The fourth-order valence-corrected chi connectivity index (χ4v) is 2.09. The molecule has 0 radical (unpaired) electrons. The van der Waals surface area contributed by atoms with Crippen molar-refractivity contribution in [3.05, 3.63) is 64.1 Å². The van der Waals surface area contributed by atoms with Gasteiger partial charge in [-0.1, -0.05) is 22.0 Å². The van der Waals surface area contributed by atoms with E-state index in [-0.39, 0.29) is 5.56 Å². The Morgan fingerprint density at radius 3 is 2.43 bits per heavy atom. The van der Waals surface area contributed by atoms with Crippen molar-refractivity contribution in [2.45, 2.75) is 13.0 Å². The van der Waals surface area contributed by atoms with Gasteiger partial charge in [0.15, 0.2) is 0 Å². The summed E-state index contributed by atoms with van der Waals surface area (Å²) in [6.45, 7) is 1.62. The van der Waals surface area contributed by atoms with E-state index in [1.165, 1.54) is 6.07 Å². The number of urea groups is 1. The fraction of sp³-hybridized carbons (Fsp3) is 0.133. The number of nitrogens with one attached hydrogen (secondary N) is 2. The van der Waals surface area contributed by atoms with E-state index >= 15 is 0 Å². The molecule has 21 heavy (non-hydrogen) atoms. The van der Waals surface area contributed by atoms with Crippen LogP contribution in [0, 0.1) is 11.6 Å². The van der Waals surface area contributed by atoms with E-state index in [1.54, 1.807) is 31.2 Å². The van der Waals surface area contributed by atoms with Crippen molar-refractivity contribution >= 4 is 27.6 Å². The summed E-state index contributed by atoms with van der Waals surface area (Å²) in [6.07, 6.45) is 0. The summed E-state index contributed by atoms with van der Waals surface area (Å²) >= 11 is 3.30. The molecule has 0 saturated carbocycles. The molecule has 0 bridgehead atoms. The number of hydrogen-bond acceptors (Lipinski definition) is 1. The van der Waals surface area contributed by atoms with Crippen molar-refractivity contribution < 1.29 is 13.6 Å². The zero-order valence-corrected chi connectivity index (χ0v) is 12.7. The second-order valence-corrected chi connectivity index (χ2v) is 5.41. The second kappa shape index (κ2) is 6.67. The molecule has 0 fully saturated rings. The smallest absolute Gasteiger partial charge is 0.319 e. The average molecular weight is 355 g/mol. The van der Waals surface area contributed by atoms with E-state index in [2.05, 4.69) is 26.6 Å². The lowest BCUT2D eigenvalue weighted by Crippen LogP contribution is -2.31. The minimum absolute atomic E-state index is 0.224. The number of rotatable bonds is 3. The van der Waals surface area contributed by atoms with Gasteiger partial charge in [-0.3, -0.25) is 0 Å². The van der Waals surface area contributed by atoms with Crippen LogP contribution in [-0.4, -0.2) is 6.03 Å². The van der Waals surface area contributed by atoms with Gasteiger partial charge >= 0.3 is 6.03 Å². The van der Waals surface area contributed by atoms with Crippen LogP contribution in [0.15, 0.2) is 46.9 Å². The van der Waals surface area contributed by atoms with Crippen molar-refractivity contribution in [1.29, 1.82) is 0 Å². The van der Waals surface area contributed by atoms with Crippen molar-refractivity contribution in [2.24, 2.45) is 0 Å². The summed E-state index contributed by atoms with van der Waals surface area (Å²) in [5.74, 6) is -1.34. The molecule has 110 valence electrons. The molecular weight excluding hydrogens is 342 g/mol. The SMILES string of the molecule is CC(NC(=O)Nc1ccc(Br)cc1)c1ccc(F)cc1F. The first-order valence-corrected chi connectivity index (χ1v) is 7.03. The monoisotopic (exact) mass is 354 g/mol. The molecule has 6 heteroatoms. The Kier molecular flexibility index (Phi) is 4.90. The van der Waals surface area contributed by atoms with Gasteiger partial charge in [-0.15, -0.1) is 0 Å². The summed E-state index contributed by atoms with van der Waals surface area (Å²) in [7, 11) is 0. The van der Waals surface area contributed by atoms with Crippen molar-refractivity contribution in [3.63, 3.8) is 0 Å². The van der Waals surface area contributed by atoms with E-state index < -0.39 is 23.7 Å². The first-order valence-electron chi connectivity index (χ1n) is 6.24. The lowest BCUT2D eigenvalue weighted by Gasteiger charge is -2.15. The minimum atomic E-state index is -0.688. The van der Waals surface area contributed by atoms with E-state index in [4.69, 9.17) is 0 Å². The van der Waals surface area contributed by atoms with Crippen LogP contribution in [0.2, 0.25) is 0 Å². The van der Waals surface area contributed by atoms with Crippen molar-refractivity contribution in [2.75, 3.05) is 5.32 Å². The zero-order chi connectivity index (χ0) is 15.4. The number of anilines is 1. The van der Waals surface area contributed by atoms with Crippen LogP contribution >= 0.6 is 15.9 Å². The summed E-state index contributed by atoms with van der Waals surface area (Å²) in [5.41, 5.74) is 0.838. The summed E-state index contributed by atoms with van der Waals surface area (Å²) < 4.78 is 27.4. The summed E-state index contributed by atoms with van der Waals surface area (Å²) in [5, 5.41) is 5.23. The molecule has 0 heterocycles. The van der Waals surface area contributed by atoms with E-state index in [0.717, 1.165) is 16.6 Å². The van der Waals surface area contributed by atoms with Gasteiger partial charge in [0.1, 0.15) is 11.6 Å². The van der Waals surface area contributed by atoms with Crippen LogP contribution in [0.25, 0.3) is 0 Å². The molecule has 2 aromatic rings. The molecule has 3 nitrogen and oxygen atoms in total. The molecule has 0 aromatic heterocycles. The highest BCUT2D eigenvalue weighted by atomic mass is 79.9. The van der Waals surface area contributed by atoms with Crippen LogP contribution in [0.4, 0.5) is 19.3 Å². The highest BCUT2D eigenvalue weighted by Crippen LogP contribution is 2.18. The Hall–Kier alpha value is -1.95. The molecule has 2 amide bonds. The molecule has 1 atom stereocenters. The normalized spacial score (nSPS) is 11.8. The minimum Gasteiger partial charge on any atom is -0.331 e. The third kappa shape index (κ3) is 4.26. The van der Waals surface area contributed by atoms with Gasteiger partial charge in [-0.05, 0) is 37.3 Å². The Morgan fingerprint density at radius 2 is 1.81 bits per heavy atom. The molecule has 2 N–H and O–H groups in total. The summed E-state index contributed by atoms with van der Waals surface area (Å²) in [4.78, 5) is 11.8. The van der Waals surface area contributed by atoms with Crippen LogP contribution in [0.5, 0.6) is 0 Å². The molecule has 0 aliphatic rings. The summed E-state index contributed by atoms with van der Waals surface area (Å²) in [6, 6.07) is 9.25. The molecule has 0 aliphatic carbocycles. The van der Waals surface area contributed by atoms with Gasteiger partial charge in [0.2, 0.25) is 0 Å². The largest absolute Gasteiger partial charge is 0.331 e. The number of hydrogen-bond donors (Lipinski definition) is 2. The van der Waals surface area contributed by atoms with Crippen molar-refractivity contribution in [1.82, 2.24) is 5.32 Å². The quantitative estimate of drug-likeness (QED) is 0.830. The predicted molar refractivity (Wildman–Crippen MR) is 81.1 cm³/mol. The molecule has 0 spiro atoms. The number of amides is 2. The standard InChI is InChI=1S/C15H13BrF2N2O/c1-9(13-7-4-11(17)8-14(13)18)19-15(21)20-12-5-2-10(16)3-6-12/h2-9H,1H3,(H2,19,20,21). The maximum Gasteiger partial charge on any atom is 0.319 e. The maximum absolute atomic E-state index is 13.6. The Labute approximate surface area is 129 Å². The molecular formula is C15H13BrF2N2O. The number of halogens is 3. The van der Waals surface area contributed by atoms with Gasteiger partial charge in [0.05, 0.1) is 6.04 Å². The highest BCUT2D eigenvalue weighted by Gasteiger charge is 2.14. The molecule has 2 aromatic carbocycles. The van der Waals surface area contributed by atoms with E-state index in [0.29, 0.717) is 5.69 Å². The predicted octanol–water partition coefficient (Wildman–Crippen LogP) is 4.61. The lowest BCUT2D eigenvalue weighted by molar-refractivity contribution is 0.249. The van der Waals surface area contributed by atoms with Crippen LogP contribution in [-0.2, 0) is 0 Å². The Balaban J connectivity index is 2.00. The van der Waals surface area contributed by atoms with E-state index in [9.17, 15) is 13.6 Å². The van der Waals surface area contributed by atoms with Crippen LogP contribution in [0.3, 0.4) is 0 Å². The topological polar surface area (TPSA) is 41.1 Å². The van der Waals surface area contributed by atoms with Gasteiger partial charge < -0.3 is 10.6 Å². The molecule has 0 aliphatic heterocycles. The number of carbonyl (C=O) groups excluding carboxylic acids is 1. The molecule has 0 saturated heterocycles. The Morgan fingerprint density at radius 1 is 1.14 bits per heavy atom. The zero-order valence-electron chi connectivity index (χ0n) is 11.2. The maximum atomic E-state index is 13.6. The lowest BCUT2D eigenvalue weighted by atomic mass is 10.1. The van der Waals surface area contributed by atoms with Gasteiger partial charge in [-0.2, -0.15) is 0 Å². The number of carbonyl (C=O) groups is 1. The van der Waals surface area contributed by atoms with Gasteiger partial charge in [-0.25, -0.2) is 13.6 Å². The second-order valence-electron chi connectivity index (χ2n) is 4.49. The average Bonchev–Trinajstić information content (AvgIpc) is 2.41.